The molecule has 0 saturated carbocycles. The van der Waals surface area contributed by atoms with Crippen LogP contribution in [0.3, 0.4) is 0 Å². The third-order valence-corrected chi connectivity index (χ3v) is 1.92. The average molecular weight is 195 g/mol. The summed E-state index contributed by atoms with van der Waals surface area (Å²) in [4.78, 5) is 0. The molecule has 0 aromatic heterocycles. The zero-order valence-corrected chi connectivity index (χ0v) is 8.53. The van der Waals surface area contributed by atoms with Gasteiger partial charge in [0.2, 0.25) is 0 Å². The third kappa shape index (κ3) is 3.77. The maximum Gasteiger partial charge on any atom is 0.119 e. The predicted molar refractivity (Wildman–Crippen MR) is 56.3 cm³/mol. The lowest BCUT2D eigenvalue weighted by Gasteiger charge is -2.05. The second kappa shape index (κ2) is 6.40. The number of hydrogen-bond acceptors (Lipinski definition) is 3. The van der Waals surface area contributed by atoms with Crippen LogP contribution in [0.5, 0.6) is 5.75 Å². The number of nitrogens with two attached hydrogens (primary N) is 1. The molecule has 0 spiro atoms. The van der Waals surface area contributed by atoms with Crippen molar-refractivity contribution in [3.05, 3.63) is 29.8 Å². The minimum Gasteiger partial charge on any atom is -0.494 e. The summed E-state index contributed by atoms with van der Waals surface area (Å²) < 4.78 is 10.4. The Balaban J connectivity index is 2.29. The monoisotopic (exact) mass is 195 g/mol. The Labute approximate surface area is 84.8 Å². The molecule has 0 amide bonds. The molecule has 0 heterocycles. The van der Waals surface area contributed by atoms with E-state index in [1.807, 2.05) is 24.3 Å². The first-order valence-corrected chi connectivity index (χ1v) is 4.77. The van der Waals surface area contributed by atoms with Gasteiger partial charge >= 0.3 is 0 Å². The number of ether oxygens (including phenoxy) is 2. The summed E-state index contributed by atoms with van der Waals surface area (Å²) in [6.45, 7) is 2.00. The number of benzene rings is 1. The zero-order chi connectivity index (χ0) is 10.2. The number of hydrogen-bond donors (Lipinski definition) is 1. The summed E-state index contributed by atoms with van der Waals surface area (Å²) in [5.41, 5.74) is 6.60. The molecule has 0 fully saturated rings. The first-order valence-electron chi connectivity index (χ1n) is 4.77. The van der Waals surface area contributed by atoms with Gasteiger partial charge in [-0.25, -0.2) is 0 Å². The van der Waals surface area contributed by atoms with Crippen molar-refractivity contribution in [2.45, 2.75) is 13.0 Å². The van der Waals surface area contributed by atoms with E-state index in [0.29, 0.717) is 13.2 Å². The van der Waals surface area contributed by atoms with Crippen LogP contribution < -0.4 is 10.5 Å². The summed E-state index contributed by atoms with van der Waals surface area (Å²) in [5.74, 6) is 0.887. The maximum absolute atomic E-state index is 5.49. The number of rotatable bonds is 6. The molecule has 1 aromatic rings. The van der Waals surface area contributed by atoms with Crippen molar-refractivity contribution in [1.29, 1.82) is 0 Å². The Bertz CT molecular complexity index is 246. The fourth-order valence-corrected chi connectivity index (χ4v) is 1.12. The van der Waals surface area contributed by atoms with E-state index in [4.69, 9.17) is 15.2 Å². The van der Waals surface area contributed by atoms with Crippen LogP contribution in [-0.4, -0.2) is 20.3 Å². The van der Waals surface area contributed by atoms with Gasteiger partial charge < -0.3 is 15.2 Å². The van der Waals surface area contributed by atoms with Gasteiger partial charge in [-0.05, 0) is 17.7 Å². The fraction of sp³-hybridized carbons (Fsp3) is 0.455. The molecule has 14 heavy (non-hydrogen) atoms. The Hall–Kier alpha value is -1.06. The van der Waals surface area contributed by atoms with Crippen LogP contribution in [0.25, 0.3) is 0 Å². The molecule has 1 rings (SSSR count). The smallest absolute Gasteiger partial charge is 0.119 e. The summed E-state index contributed by atoms with van der Waals surface area (Å²) >= 11 is 0. The molecule has 3 nitrogen and oxygen atoms in total. The molecule has 0 saturated heterocycles. The highest BCUT2D eigenvalue weighted by atomic mass is 16.5. The summed E-state index contributed by atoms with van der Waals surface area (Å²) in [7, 11) is 1.69. The lowest BCUT2D eigenvalue weighted by atomic mass is 10.2. The highest BCUT2D eigenvalue weighted by Crippen LogP contribution is 2.11. The second-order valence-electron chi connectivity index (χ2n) is 3.04. The SMILES string of the molecule is COCCCOc1ccc(CN)cc1. The molecule has 0 radical (unpaired) electrons. The Morgan fingerprint density at radius 1 is 1.14 bits per heavy atom. The molecule has 0 unspecified atom stereocenters. The van der Waals surface area contributed by atoms with Crippen molar-refractivity contribution in [2.24, 2.45) is 5.73 Å². The van der Waals surface area contributed by atoms with Crippen molar-refractivity contribution >= 4 is 0 Å². The molecular formula is C11H17NO2. The van der Waals surface area contributed by atoms with Crippen molar-refractivity contribution in [1.82, 2.24) is 0 Å². The summed E-state index contributed by atoms with van der Waals surface area (Å²) in [6.07, 6.45) is 0.912. The topological polar surface area (TPSA) is 44.5 Å². The van der Waals surface area contributed by atoms with Crippen LogP contribution in [0.15, 0.2) is 24.3 Å². The Kier molecular flexibility index (Phi) is 5.04. The van der Waals surface area contributed by atoms with E-state index >= 15 is 0 Å². The first kappa shape index (κ1) is 11.0. The van der Waals surface area contributed by atoms with Gasteiger partial charge in [-0.15, -0.1) is 0 Å². The molecule has 0 aliphatic rings. The van der Waals surface area contributed by atoms with Gasteiger partial charge in [0.05, 0.1) is 6.61 Å². The predicted octanol–water partition coefficient (Wildman–Crippen LogP) is 1.56. The van der Waals surface area contributed by atoms with Crippen LogP contribution in [0, 0.1) is 0 Å². The van der Waals surface area contributed by atoms with Crippen LogP contribution >= 0.6 is 0 Å². The van der Waals surface area contributed by atoms with Gasteiger partial charge in [-0.2, -0.15) is 0 Å². The van der Waals surface area contributed by atoms with E-state index in [-0.39, 0.29) is 0 Å². The van der Waals surface area contributed by atoms with E-state index in [1.54, 1.807) is 7.11 Å². The van der Waals surface area contributed by atoms with Crippen molar-refractivity contribution in [3.63, 3.8) is 0 Å². The molecule has 3 heteroatoms. The molecule has 1 aromatic carbocycles. The van der Waals surface area contributed by atoms with Crippen molar-refractivity contribution < 1.29 is 9.47 Å². The molecule has 0 bridgehead atoms. The quantitative estimate of drug-likeness (QED) is 0.701. The highest BCUT2D eigenvalue weighted by molar-refractivity contribution is 5.26. The maximum atomic E-state index is 5.49. The Morgan fingerprint density at radius 3 is 2.43 bits per heavy atom. The summed E-state index contributed by atoms with van der Waals surface area (Å²) in [5, 5.41) is 0. The number of methoxy groups -OCH3 is 1. The van der Waals surface area contributed by atoms with Gasteiger partial charge in [0.1, 0.15) is 5.75 Å². The van der Waals surface area contributed by atoms with E-state index in [1.165, 1.54) is 0 Å². The molecular weight excluding hydrogens is 178 g/mol. The van der Waals surface area contributed by atoms with E-state index in [9.17, 15) is 0 Å². The van der Waals surface area contributed by atoms with Gasteiger partial charge in [-0.1, -0.05) is 12.1 Å². The zero-order valence-electron chi connectivity index (χ0n) is 8.53. The van der Waals surface area contributed by atoms with Crippen LogP contribution in [0.4, 0.5) is 0 Å². The third-order valence-electron chi connectivity index (χ3n) is 1.92. The molecule has 2 N–H and O–H groups in total. The van der Waals surface area contributed by atoms with Gasteiger partial charge in [0, 0.05) is 26.7 Å². The largest absolute Gasteiger partial charge is 0.494 e. The Morgan fingerprint density at radius 2 is 1.86 bits per heavy atom. The van der Waals surface area contributed by atoms with Crippen molar-refractivity contribution in [3.8, 4) is 5.75 Å². The van der Waals surface area contributed by atoms with E-state index < -0.39 is 0 Å². The molecule has 0 aliphatic carbocycles. The average Bonchev–Trinajstić information content (AvgIpc) is 2.25. The molecule has 78 valence electrons. The van der Waals surface area contributed by atoms with Crippen molar-refractivity contribution in [2.75, 3.05) is 20.3 Å². The fourth-order valence-electron chi connectivity index (χ4n) is 1.12. The van der Waals surface area contributed by atoms with E-state index in [0.717, 1.165) is 24.3 Å². The van der Waals surface area contributed by atoms with Gasteiger partial charge in [-0.3, -0.25) is 0 Å². The normalized spacial score (nSPS) is 10.1. The molecule has 0 atom stereocenters. The highest BCUT2D eigenvalue weighted by Gasteiger charge is 1.93. The lowest BCUT2D eigenvalue weighted by molar-refractivity contribution is 0.172. The van der Waals surface area contributed by atoms with Gasteiger partial charge in [0.15, 0.2) is 0 Å². The minimum atomic E-state index is 0.573. The lowest BCUT2D eigenvalue weighted by Crippen LogP contribution is -2.01. The minimum absolute atomic E-state index is 0.573. The molecule has 0 aliphatic heterocycles. The van der Waals surface area contributed by atoms with Crippen LogP contribution in [0.1, 0.15) is 12.0 Å². The first-order chi connectivity index (χ1) is 6.86. The standard InChI is InChI=1S/C11H17NO2/c1-13-7-2-8-14-11-5-3-10(9-12)4-6-11/h3-6H,2,7-9,12H2,1H3. The van der Waals surface area contributed by atoms with Crippen LogP contribution in [-0.2, 0) is 11.3 Å². The summed E-state index contributed by atoms with van der Waals surface area (Å²) in [6, 6.07) is 7.83. The van der Waals surface area contributed by atoms with Crippen LogP contribution in [0.2, 0.25) is 0 Å². The van der Waals surface area contributed by atoms with Gasteiger partial charge in [0.25, 0.3) is 0 Å². The van der Waals surface area contributed by atoms with E-state index in [2.05, 4.69) is 0 Å². The second-order valence-corrected chi connectivity index (χ2v) is 3.04.